The van der Waals surface area contributed by atoms with Crippen LogP contribution in [0.3, 0.4) is 0 Å². The van der Waals surface area contributed by atoms with Crippen LogP contribution in [0.15, 0.2) is 301 Å². The molecule has 0 aliphatic carbocycles. The molecule has 136 heavy (non-hydrogen) atoms. The number of halogens is 4. The second-order valence-corrected chi connectivity index (χ2v) is 53.3. The van der Waals surface area contributed by atoms with Crippen molar-refractivity contribution in [3.8, 4) is 0 Å². The van der Waals surface area contributed by atoms with E-state index in [9.17, 15) is 88.5 Å². The van der Waals surface area contributed by atoms with E-state index in [1.165, 1.54) is 160 Å². The molecule has 4 N–H and O–H groups in total. The smallest absolute Gasteiger partial charge is 0.252 e. The molecule has 8 atom stereocenters. The maximum atomic E-state index is 13.3. The quantitative estimate of drug-likeness (QED) is 0.0331. The molecule has 8 heterocycles. The summed E-state index contributed by atoms with van der Waals surface area (Å²) in [4.78, 5) is 10.3. The fraction of sp³-hybridized carbons (Fsp3) is 0.333. The number of rotatable bonds is 28. The molecular weight excluding hydrogens is 1980 g/mol. The molecule has 12 aromatic rings. The molecule has 0 spiro atoms. The van der Waals surface area contributed by atoms with E-state index >= 15 is 0 Å². The van der Waals surface area contributed by atoms with Gasteiger partial charge in [-0.25, -0.2) is 51.2 Å². The van der Waals surface area contributed by atoms with E-state index in [2.05, 4.69) is 19.6 Å². The van der Waals surface area contributed by atoms with E-state index in [4.69, 9.17) is 0 Å². The van der Waals surface area contributed by atoms with Gasteiger partial charge in [-0.1, -0.05) is 72.8 Å². The second-order valence-electron chi connectivity index (χ2n) is 34.9. The summed E-state index contributed by atoms with van der Waals surface area (Å²) < 4.78 is 218. The van der Waals surface area contributed by atoms with Crippen LogP contribution in [0.4, 0.5) is 40.3 Å². The fourth-order valence-electron chi connectivity index (χ4n) is 15.9. The minimum atomic E-state index is -3.65. The highest BCUT2D eigenvalue weighted by Gasteiger charge is 2.42. The Morgan fingerprint density at radius 3 is 0.588 bits per heavy atom. The van der Waals surface area contributed by atoms with Crippen molar-refractivity contribution in [2.75, 3.05) is 121 Å². The van der Waals surface area contributed by atoms with Gasteiger partial charge in [-0.05, 0) is 269 Å². The zero-order chi connectivity index (χ0) is 98.0. The summed E-state index contributed by atoms with van der Waals surface area (Å²) in [5.74, 6) is -0.851. The molecule has 24 nitrogen and oxygen atoms in total. The molecule has 0 unspecified atom stereocenters. The van der Waals surface area contributed by atoms with E-state index < -0.39 is 129 Å². The van der Waals surface area contributed by atoms with E-state index in [1.807, 2.05) is 97.1 Å². The maximum absolute atomic E-state index is 13.3. The standard InChI is InChI=1S/4C24H27FN2O4S3/c4*1-24(2,28)18-5-9-20(10-6-18)27-14-13-26(34(30,31)23-4-3-15-32-23)16-21(27)17-33(29)22-11-7-19(25)8-12-22/h4*3-12,15,21,28H,13-14,16-17H2,1-2H3/t2*21-,33+;2*21-,33-/m1111/s1. The molecule has 8 aromatic carbocycles. The zero-order valence-corrected chi connectivity index (χ0v) is 85.5. The molecular formula is C96H108F4N8O16S12. The Labute approximate surface area is 819 Å². The predicted octanol–water partition coefficient (Wildman–Crippen LogP) is 15.2. The average molecular weight is 2090 g/mol. The summed E-state index contributed by atoms with van der Waals surface area (Å²) in [5, 5.41) is 48.0. The minimum Gasteiger partial charge on any atom is -0.386 e. The number of sulfonamides is 4. The van der Waals surface area contributed by atoms with Gasteiger partial charge in [-0.3, -0.25) is 16.8 Å². The first-order valence-corrected chi connectivity index (χ1v) is 57.9. The normalized spacial score (nSPS) is 18.7. The molecule has 0 bridgehead atoms. The number of aliphatic hydroxyl groups is 4. The molecule has 4 aliphatic heterocycles. The summed E-state index contributed by atoms with van der Waals surface area (Å²) in [5.41, 5.74) is 2.61. The van der Waals surface area contributed by atoms with Gasteiger partial charge in [-0.2, -0.15) is 17.2 Å². The van der Waals surface area contributed by atoms with Gasteiger partial charge in [0.1, 0.15) is 40.1 Å². The molecule has 4 saturated heterocycles. The van der Waals surface area contributed by atoms with Gasteiger partial charge in [0.05, 0.1) is 89.8 Å². The molecule has 0 radical (unpaired) electrons. The van der Waals surface area contributed by atoms with Crippen molar-refractivity contribution >= 4 is 151 Å². The Bertz CT molecular complexity index is 5750. The average Bonchev–Trinajstić information content (AvgIpc) is 0.805. The monoisotopic (exact) mass is 2090 g/mol. The largest absolute Gasteiger partial charge is 0.386 e. The Morgan fingerprint density at radius 1 is 0.272 bits per heavy atom. The van der Waals surface area contributed by atoms with E-state index in [0.717, 1.165) is 45.0 Å². The minimum absolute atomic E-state index is 0.181. The highest BCUT2D eigenvalue weighted by Crippen LogP contribution is 2.37. The van der Waals surface area contributed by atoms with Crippen molar-refractivity contribution in [1.82, 2.24) is 17.2 Å². The number of nitrogens with zero attached hydrogens (tertiary/aromatic N) is 8. The predicted molar refractivity (Wildman–Crippen MR) is 534 cm³/mol. The lowest BCUT2D eigenvalue weighted by molar-refractivity contribution is 0.0780. The summed E-state index contributed by atoms with van der Waals surface area (Å²) in [6, 6.07) is 63.8. The molecule has 4 fully saturated rings. The number of hydrogen-bond acceptors (Lipinski definition) is 24. The van der Waals surface area contributed by atoms with Gasteiger partial charge >= 0.3 is 0 Å². The first kappa shape index (κ1) is 105. The summed E-state index contributed by atoms with van der Waals surface area (Å²) in [7, 11) is -20.4. The van der Waals surface area contributed by atoms with Crippen LogP contribution in [-0.4, -0.2) is 214 Å². The number of benzene rings is 8. The van der Waals surface area contributed by atoms with Crippen LogP contribution in [0.2, 0.25) is 0 Å². The number of hydrogen-bond donors (Lipinski definition) is 4. The topological polar surface area (TPSA) is 312 Å². The van der Waals surface area contributed by atoms with E-state index in [1.54, 1.807) is 125 Å². The lowest BCUT2D eigenvalue weighted by Gasteiger charge is -2.42. The Kier molecular flexibility index (Phi) is 34.4. The van der Waals surface area contributed by atoms with Gasteiger partial charge < -0.3 is 40.0 Å². The summed E-state index contributed by atoms with van der Waals surface area (Å²) in [6.07, 6.45) is 0. The number of thiophene rings is 4. The van der Waals surface area contributed by atoms with Gasteiger partial charge in [0, 0.05) is 144 Å². The van der Waals surface area contributed by atoms with Crippen molar-refractivity contribution in [2.24, 2.45) is 0 Å². The number of anilines is 4. The SMILES string of the molecule is CC(C)(O)c1ccc(N2CCN(S(=O)(=O)c3cccs3)C[C@@H]2C[S@@](=O)c2ccc(F)cc2)cc1.CC(C)(O)c1ccc(N2CCN(S(=O)(=O)c3cccs3)C[C@@H]2C[S@@](=O)c2ccc(F)cc2)cc1.CC(C)(O)c1ccc(N2CCN(S(=O)(=O)c3cccs3)C[C@@H]2C[S@](=O)c2ccc(F)cc2)cc1.CC(C)(O)c1ccc(N2CCN(S(=O)(=O)c3cccs3)C[C@@H]2C[S@](=O)c2ccc(F)cc2)cc1. The van der Waals surface area contributed by atoms with Crippen molar-refractivity contribution in [1.29, 1.82) is 0 Å². The van der Waals surface area contributed by atoms with E-state index in [-0.39, 0.29) is 90.2 Å². The first-order chi connectivity index (χ1) is 64.2. The van der Waals surface area contributed by atoms with Crippen LogP contribution in [0.1, 0.15) is 77.6 Å². The Morgan fingerprint density at radius 2 is 0.441 bits per heavy atom. The zero-order valence-electron chi connectivity index (χ0n) is 75.7. The first-order valence-electron chi connectivity index (χ1n) is 43.3. The molecule has 4 aromatic heterocycles. The van der Waals surface area contributed by atoms with Gasteiger partial charge in [0.25, 0.3) is 40.1 Å². The number of piperazine rings is 4. The van der Waals surface area contributed by atoms with E-state index in [0.29, 0.717) is 71.9 Å². The van der Waals surface area contributed by atoms with Crippen molar-refractivity contribution < 1.29 is 88.5 Å². The maximum Gasteiger partial charge on any atom is 0.252 e. The van der Waals surface area contributed by atoms with Gasteiger partial charge in [-0.15, -0.1) is 45.3 Å². The fourth-order valence-corrected chi connectivity index (χ4v) is 31.5. The van der Waals surface area contributed by atoms with Crippen LogP contribution in [0, 0.1) is 23.3 Å². The lowest BCUT2D eigenvalue weighted by Crippen LogP contribution is -2.56. The van der Waals surface area contributed by atoms with Crippen LogP contribution in [0.5, 0.6) is 0 Å². The highest BCUT2D eigenvalue weighted by atomic mass is 32.3. The molecule has 728 valence electrons. The third-order valence-electron chi connectivity index (χ3n) is 23.4. The third kappa shape index (κ3) is 26.4. The molecule has 40 heteroatoms. The van der Waals surface area contributed by atoms with Crippen molar-refractivity contribution in [2.45, 2.75) is 138 Å². The van der Waals surface area contributed by atoms with Crippen LogP contribution in [-0.2, 0) is 106 Å². The van der Waals surface area contributed by atoms with Crippen LogP contribution in [0.25, 0.3) is 0 Å². The summed E-state index contributed by atoms with van der Waals surface area (Å²) in [6.45, 7) is 17.3. The third-order valence-corrected chi connectivity index (χ3v) is 42.3. The Balaban J connectivity index is 0.000000153. The highest BCUT2D eigenvalue weighted by molar-refractivity contribution is 7.92. The van der Waals surface area contributed by atoms with Crippen molar-refractivity contribution in [3.63, 3.8) is 0 Å². The van der Waals surface area contributed by atoms with Crippen molar-refractivity contribution in [3.05, 3.63) is 310 Å². The summed E-state index contributed by atoms with van der Waals surface area (Å²) >= 11 is 4.70. The van der Waals surface area contributed by atoms with Crippen LogP contribution >= 0.6 is 45.3 Å². The second kappa shape index (κ2) is 44.6. The molecule has 16 rings (SSSR count). The van der Waals surface area contributed by atoms with Gasteiger partial charge in [0.15, 0.2) is 0 Å². The van der Waals surface area contributed by atoms with Crippen LogP contribution < -0.4 is 19.6 Å². The molecule has 0 amide bonds. The molecule has 4 aliphatic rings. The lowest BCUT2D eigenvalue weighted by atomic mass is 9.98. The molecule has 0 saturated carbocycles. The Hall–Kier alpha value is -8.44. The van der Waals surface area contributed by atoms with Gasteiger partial charge in [0.2, 0.25) is 0 Å².